The van der Waals surface area contributed by atoms with Crippen molar-refractivity contribution in [2.24, 2.45) is 5.73 Å². The minimum atomic E-state index is -0.963. The van der Waals surface area contributed by atoms with Crippen molar-refractivity contribution in [2.45, 2.75) is 37.2 Å². The van der Waals surface area contributed by atoms with Crippen molar-refractivity contribution in [3.63, 3.8) is 0 Å². The summed E-state index contributed by atoms with van der Waals surface area (Å²) in [5.41, 5.74) is 8.74. The Labute approximate surface area is 167 Å². The smallest absolute Gasteiger partial charge is 0.340 e. The van der Waals surface area contributed by atoms with Crippen molar-refractivity contribution in [2.75, 3.05) is 11.1 Å². The predicted octanol–water partition coefficient (Wildman–Crippen LogP) is 2.94. The summed E-state index contributed by atoms with van der Waals surface area (Å²) in [7, 11) is 0. The zero-order valence-corrected chi connectivity index (χ0v) is 16.4. The lowest BCUT2D eigenvalue weighted by Crippen LogP contribution is -2.30. The molecule has 28 heavy (non-hydrogen) atoms. The summed E-state index contributed by atoms with van der Waals surface area (Å²) in [6.07, 6.45) is 2.26. The van der Waals surface area contributed by atoms with E-state index in [0.29, 0.717) is 16.1 Å². The van der Waals surface area contributed by atoms with E-state index in [4.69, 9.17) is 10.5 Å². The zero-order valence-electron chi connectivity index (χ0n) is 15.6. The van der Waals surface area contributed by atoms with Crippen molar-refractivity contribution in [3.8, 4) is 0 Å². The highest BCUT2D eigenvalue weighted by molar-refractivity contribution is 8.00. The Kier molecular flexibility index (Phi) is 6.36. The number of anilines is 1. The van der Waals surface area contributed by atoms with Gasteiger partial charge in [0.05, 0.1) is 11.3 Å². The average Bonchev–Trinajstić information content (AvgIpc) is 3.14. The third-order valence-corrected chi connectivity index (χ3v) is 5.59. The maximum absolute atomic E-state index is 12.5. The first-order chi connectivity index (χ1) is 13.4. The molecule has 146 valence electrons. The molecule has 0 radical (unpaired) electrons. The van der Waals surface area contributed by atoms with Crippen molar-refractivity contribution in [1.29, 1.82) is 0 Å². The van der Waals surface area contributed by atoms with Crippen LogP contribution in [0.2, 0.25) is 0 Å². The van der Waals surface area contributed by atoms with Crippen LogP contribution in [0.1, 0.15) is 34.8 Å². The molecule has 0 aliphatic heterocycles. The Morgan fingerprint density at radius 1 is 1.14 bits per heavy atom. The third-order valence-electron chi connectivity index (χ3n) is 4.50. The number of nitrogens with two attached hydrogens (primary N) is 1. The molecule has 1 aliphatic carbocycles. The van der Waals surface area contributed by atoms with Gasteiger partial charge in [0, 0.05) is 10.6 Å². The highest BCUT2D eigenvalue weighted by Gasteiger charge is 2.21. The first-order valence-electron chi connectivity index (χ1n) is 9.08. The van der Waals surface area contributed by atoms with Gasteiger partial charge in [-0.05, 0) is 61.6 Å². The van der Waals surface area contributed by atoms with E-state index in [1.54, 1.807) is 24.3 Å². The summed E-state index contributed by atoms with van der Waals surface area (Å²) in [6, 6.07) is 12.6. The fraction of sp³-hybridized carbons (Fsp3) is 0.286. The summed E-state index contributed by atoms with van der Waals surface area (Å²) in [5.74, 6) is -1.44. The van der Waals surface area contributed by atoms with E-state index < -0.39 is 23.9 Å². The fourth-order valence-electron chi connectivity index (χ4n) is 3.08. The number of fused-ring (bicyclic) bond motifs is 1. The quantitative estimate of drug-likeness (QED) is 0.552. The van der Waals surface area contributed by atoms with Gasteiger partial charge >= 0.3 is 5.97 Å². The number of ether oxygens (including phenoxy) is 1. The molecule has 1 aliphatic rings. The summed E-state index contributed by atoms with van der Waals surface area (Å²) >= 11 is 1.16. The number of primary amides is 1. The Hall–Kier alpha value is -2.80. The summed E-state index contributed by atoms with van der Waals surface area (Å²) in [5, 5.41) is 2.80. The number of hydrogen-bond acceptors (Lipinski definition) is 5. The highest BCUT2D eigenvalue weighted by atomic mass is 32.2. The van der Waals surface area contributed by atoms with Crippen LogP contribution in [0.4, 0.5) is 5.69 Å². The second-order valence-electron chi connectivity index (χ2n) is 6.62. The van der Waals surface area contributed by atoms with Crippen LogP contribution < -0.4 is 11.1 Å². The molecule has 2 amide bonds. The summed E-state index contributed by atoms with van der Waals surface area (Å²) < 4.78 is 5.33. The molecule has 2 aromatic carbocycles. The van der Waals surface area contributed by atoms with Gasteiger partial charge in [-0.3, -0.25) is 9.59 Å². The molecular formula is C21H22N2O4S. The van der Waals surface area contributed by atoms with Crippen molar-refractivity contribution in [3.05, 3.63) is 59.2 Å². The molecule has 6 nitrogen and oxygen atoms in total. The Morgan fingerprint density at radius 2 is 1.89 bits per heavy atom. The predicted molar refractivity (Wildman–Crippen MR) is 108 cm³/mol. The molecule has 0 saturated carbocycles. The van der Waals surface area contributed by atoms with Crippen LogP contribution in [0.25, 0.3) is 0 Å². The van der Waals surface area contributed by atoms with Crippen molar-refractivity contribution in [1.82, 2.24) is 0 Å². The minimum Gasteiger partial charge on any atom is -0.449 e. The first-order valence-corrected chi connectivity index (χ1v) is 10.1. The van der Waals surface area contributed by atoms with Gasteiger partial charge in [-0.25, -0.2) is 4.79 Å². The zero-order chi connectivity index (χ0) is 20.1. The fourth-order valence-corrected chi connectivity index (χ4v) is 3.86. The molecule has 0 heterocycles. The second-order valence-corrected chi connectivity index (χ2v) is 7.64. The minimum absolute atomic E-state index is 0.0542. The highest BCUT2D eigenvalue weighted by Crippen LogP contribution is 2.26. The van der Waals surface area contributed by atoms with Crippen molar-refractivity contribution >= 4 is 35.2 Å². The van der Waals surface area contributed by atoms with Crippen LogP contribution in [-0.2, 0) is 27.2 Å². The van der Waals surface area contributed by atoms with Gasteiger partial charge in [0.15, 0.2) is 6.10 Å². The van der Waals surface area contributed by atoms with Crippen LogP contribution in [0.15, 0.2) is 47.4 Å². The third kappa shape index (κ3) is 4.92. The largest absolute Gasteiger partial charge is 0.449 e. The Balaban J connectivity index is 1.62. The SMILES string of the molecule is C[C@@H](OC(=O)c1ccccc1SCC(N)=O)C(=O)Nc1ccc2c(c1)CCC2. The number of carbonyl (C=O) groups is 3. The number of hydrogen-bond donors (Lipinski definition) is 2. The van der Waals surface area contributed by atoms with E-state index in [1.165, 1.54) is 18.1 Å². The molecule has 2 aromatic rings. The van der Waals surface area contributed by atoms with E-state index in [-0.39, 0.29) is 5.75 Å². The number of carbonyl (C=O) groups excluding carboxylic acids is 3. The lowest BCUT2D eigenvalue weighted by atomic mass is 10.1. The second kappa shape index (κ2) is 8.93. The van der Waals surface area contributed by atoms with Gasteiger partial charge in [-0.1, -0.05) is 18.2 Å². The number of rotatable bonds is 7. The lowest BCUT2D eigenvalue weighted by molar-refractivity contribution is -0.123. The molecule has 0 bridgehead atoms. The normalized spacial score (nSPS) is 13.5. The molecule has 7 heteroatoms. The molecular weight excluding hydrogens is 376 g/mol. The first kappa shape index (κ1) is 19.9. The Bertz CT molecular complexity index is 913. The van der Waals surface area contributed by atoms with Crippen LogP contribution >= 0.6 is 11.8 Å². The van der Waals surface area contributed by atoms with E-state index >= 15 is 0 Å². The molecule has 3 N–H and O–H groups in total. The van der Waals surface area contributed by atoms with Crippen LogP contribution in [-0.4, -0.2) is 29.6 Å². The molecule has 0 fully saturated rings. The van der Waals surface area contributed by atoms with Crippen molar-refractivity contribution < 1.29 is 19.1 Å². The number of benzene rings is 2. The average molecular weight is 398 g/mol. The van der Waals surface area contributed by atoms with Gasteiger partial charge in [-0.15, -0.1) is 11.8 Å². The molecule has 1 atom stereocenters. The number of amides is 2. The molecule has 0 saturated heterocycles. The number of thioether (sulfide) groups is 1. The van der Waals surface area contributed by atoms with E-state index in [9.17, 15) is 14.4 Å². The summed E-state index contributed by atoms with van der Waals surface area (Å²) in [6.45, 7) is 1.53. The van der Waals surface area contributed by atoms with E-state index in [1.807, 2.05) is 18.2 Å². The van der Waals surface area contributed by atoms with Gasteiger partial charge in [0.25, 0.3) is 5.91 Å². The topological polar surface area (TPSA) is 98.5 Å². The van der Waals surface area contributed by atoms with Gasteiger partial charge in [-0.2, -0.15) is 0 Å². The van der Waals surface area contributed by atoms with Gasteiger partial charge in [0.1, 0.15) is 0 Å². The maximum atomic E-state index is 12.5. The summed E-state index contributed by atoms with van der Waals surface area (Å²) in [4.78, 5) is 36.5. The monoisotopic (exact) mass is 398 g/mol. The standard InChI is InChI=1S/C21H22N2O4S/c1-13(20(25)23-16-10-9-14-5-4-6-15(14)11-16)27-21(26)17-7-2-3-8-18(17)28-12-19(22)24/h2-3,7-11,13H,4-6,12H2,1H3,(H2,22,24)(H,23,25)/t13-/m1/s1. The lowest BCUT2D eigenvalue weighted by Gasteiger charge is -2.15. The molecule has 3 rings (SSSR count). The number of nitrogens with one attached hydrogen (secondary N) is 1. The van der Waals surface area contributed by atoms with E-state index in [0.717, 1.165) is 31.0 Å². The van der Waals surface area contributed by atoms with Gasteiger partial charge < -0.3 is 15.8 Å². The van der Waals surface area contributed by atoms with Crippen LogP contribution in [0, 0.1) is 0 Å². The van der Waals surface area contributed by atoms with E-state index in [2.05, 4.69) is 5.32 Å². The molecule has 0 aromatic heterocycles. The Morgan fingerprint density at radius 3 is 2.68 bits per heavy atom. The molecule has 0 spiro atoms. The van der Waals surface area contributed by atoms with Crippen LogP contribution in [0.3, 0.4) is 0 Å². The number of esters is 1. The van der Waals surface area contributed by atoms with Crippen LogP contribution in [0.5, 0.6) is 0 Å². The molecule has 0 unspecified atom stereocenters. The maximum Gasteiger partial charge on any atom is 0.340 e. The number of aryl methyl sites for hydroxylation is 2. The van der Waals surface area contributed by atoms with Gasteiger partial charge in [0.2, 0.25) is 5.91 Å².